The van der Waals surface area contributed by atoms with E-state index in [1.807, 2.05) is 0 Å². The van der Waals surface area contributed by atoms with Crippen molar-refractivity contribution in [2.75, 3.05) is 20.3 Å². The van der Waals surface area contributed by atoms with E-state index in [0.717, 1.165) is 26.0 Å². The highest BCUT2D eigenvalue weighted by molar-refractivity contribution is 9.10. The van der Waals surface area contributed by atoms with E-state index in [-0.39, 0.29) is 0 Å². The fourth-order valence-corrected chi connectivity index (χ4v) is 3.21. The van der Waals surface area contributed by atoms with Crippen molar-refractivity contribution in [1.29, 1.82) is 0 Å². The highest BCUT2D eigenvalue weighted by Crippen LogP contribution is 2.29. The van der Waals surface area contributed by atoms with Crippen molar-refractivity contribution < 1.29 is 4.74 Å². The van der Waals surface area contributed by atoms with Crippen LogP contribution in [-0.2, 0) is 4.74 Å². The van der Waals surface area contributed by atoms with Crippen molar-refractivity contribution in [3.8, 4) is 0 Å². The van der Waals surface area contributed by atoms with Gasteiger partial charge in [-0.05, 0) is 46.3 Å². The zero-order valence-corrected chi connectivity index (χ0v) is 11.7. The minimum atomic E-state index is 0.450. The molecule has 1 atom stereocenters. The van der Waals surface area contributed by atoms with Crippen molar-refractivity contribution in [1.82, 2.24) is 5.32 Å². The van der Waals surface area contributed by atoms with Gasteiger partial charge in [0, 0.05) is 29.6 Å². The molecule has 1 heterocycles. The Balaban J connectivity index is 2.53. The first-order valence-electron chi connectivity index (χ1n) is 5.23. The van der Waals surface area contributed by atoms with Crippen LogP contribution in [-0.4, -0.2) is 20.3 Å². The van der Waals surface area contributed by atoms with Gasteiger partial charge in [0.1, 0.15) is 0 Å². The van der Waals surface area contributed by atoms with E-state index in [1.165, 1.54) is 10.0 Å². The summed E-state index contributed by atoms with van der Waals surface area (Å²) in [5, 5.41) is 7.85. The van der Waals surface area contributed by atoms with E-state index >= 15 is 0 Å². The van der Waals surface area contributed by atoms with E-state index in [9.17, 15) is 0 Å². The Hall–Kier alpha value is 0.100. The number of ether oxygens (including phenoxy) is 1. The third-order valence-corrected chi connectivity index (χ3v) is 4.06. The van der Waals surface area contributed by atoms with Gasteiger partial charge >= 0.3 is 0 Å². The topological polar surface area (TPSA) is 21.3 Å². The number of halogens is 1. The Morgan fingerprint density at radius 2 is 2.33 bits per heavy atom. The molecule has 1 unspecified atom stereocenters. The van der Waals surface area contributed by atoms with Crippen molar-refractivity contribution in [2.24, 2.45) is 0 Å². The summed E-state index contributed by atoms with van der Waals surface area (Å²) < 4.78 is 6.30. The molecule has 1 aromatic heterocycles. The molecule has 0 saturated heterocycles. The summed E-state index contributed by atoms with van der Waals surface area (Å²) in [6.07, 6.45) is 2.22. The monoisotopic (exact) mass is 291 g/mol. The maximum absolute atomic E-state index is 5.08. The lowest BCUT2D eigenvalue weighted by molar-refractivity contribution is 0.189. The van der Waals surface area contributed by atoms with Gasteiger partial charge in [-0.2, -0.15) is 11.3 Å². The van der Waals surface area contributed by atoms with Gasteiger partial charge in [0.25, 0.3) is 0 Å². The number of thiophene rings is 1. The molecule has 4 heteroatoms. The van der Waals surface area contributed by atoms with E-state index in [4.69, 9.17) is 4.74 Å². The molecule has 2 nitrogen and oxygen atoms in total. The molecule has 0 aliphatic rings. The van der Waals surface area contributed by atoms with Crippen molar-refractivity contribution in [2.45, 2.75) is 25.8 Å². The first-order valence-corrected chi connectivity index (χ1v) is 6.97. The quantitative estimate of drug-likeness (QED) is 0.775. The third kappa shape index (κ3) is 4.23. The predicted molar refractivity (Wildman–Crippen MR) is 69.5 cm³/mol. The Bertz CT molecular complexity index is 277. The maximum atomic E-state index is 5.08. The lowest BCUT2D eigenvalue weighted by Crippen LogP contribution is -2.21. The summed E-state index contributed by atoms with van der Waals surface area (Å²) in [4.78, 5) is 0. The number of nitrogens with one attached hydrogen (secondary N) is 1. The number of methoxy groups -OCH3 is 1. The standard InChI is InChI=1S/C11H18BrNOS/c1-3-13-11(5-4-6-14-2)9-7-15-8-10(9)12/h7-8,11,13H,3-6H2,1-2H3. The molecule has 1 aromatic rings. The normalized spacial score (nSPS) is 13.0. The van der Waals surface area contributed by atoms with Crippen LogP contribution in [0, 0.1) is 0 Å². The van der Waals surface area contributed by atoms with Crippen molar-refractivity contribution in [3.05, 3.63) is 20.8 Å². The summed E-state index contributed by atoms with van der Waals surface area (Å²) in [5.41, 5.74) is 1.37. The van der Waals surface area contributed by atoms with Crippen LogP contribution in [0.5, 0.6) is 0 Å². The fraction of sp³-hybridized carbons (Fsp3) is 0.636. The number of hydrogen-bond donors (Lipinski definition) is 1. The van der Waals surface area contributed by atoms with E-state index < -0.39 is 0 Å². The van der Waals surface area contributed by atoms with Gasteiger partial charge < -0.3 is 10.1 Å². The smallest absolute Gasteiger partial charge is 0.0462 e. The van der Waals surface area contributed by atoms with Gasteiger partial charge in [0.2, 0.25) is 0 Å². The van der Waals surface area contributed by atoms with Crippen LogP contribution < -0.4 is 5.32 Å². The van der Waals surface area contributed by atoms with Gasteiger partial charge in [0.05, 0.1) is 0 Å². The first-order chi connectivity index (χ1) is 7.29. The number of hydrogen-bond acceptors (Lipinski definition) is 3. The zero-order valence-electron chi connectivity index (χ0n) is 9.25. The van der Waals surface area contributed by atoms with Crippen LogP contribution in [0.1, 0.15) is 31.4 Å². The van der Waals surface area contributed by atoms with Crippen LogP contribution in [0.2, 0.25) is 0 Å². The molecule has 15 heavy (non-hydrogen) atoms. The molecule has 0 fully saturated rings. The molecule has 86 valence electrons. The van der Waals surface area contributed by atoms with Gasteiger partial charge in [-0.25, -0.2) is 0 Å². The summed E-state index contributed by atoms with van der Waals surface area (Å²) in [6.45, 7) is 3.98. The Kier molecular flexibility index (Phi) is 6.48. The molecular weight excluding hydrogens is 274 g/mol. The molecule has 0 bridgehead atoms. The highest BCUT2D eigenvalue weighted by atomic mass is 79.9. The lowest BCUT2D eigenvalue weighted by atomic mass is 10.1. The Morgan fingerprint density at radius 1 is 1.53 bits per heavy atom. The van der Waals surface area contributed by atoms with Crippen LogP contribution in [0.15, 0.2) is 15.2 Å². The van der Waals surface area contributed by atoms with E-state index in [1.54, 1.807) is 18.4 Å². The largest absolute Gasteiger partial charge is 0.385 e. The van der Waals surface area contributed by atoms with Crippen LogP contribution in [0.3, 0.4) is 0 Å². The molecular formula is C11H18BrNOS. The summed E-state index contributed by atoms with van der Waals surface area (Å²) in [6, 6.07) is 0.450. The second-order valence-corrected chi connectivity index (χ2v) is 5.02. The summed E-state index contributed by atoms with van der Waals surface area (Å²) >= 11 is 5.33. The third-order valence-electron chi connectivity index (χ3n) is 2.31. The van der Waals surface area contributed by atoms with Gasteiger partial charge in [-0.3, -0.25) is 0 Å². The van der Waals surface area contributed by atoms with E-state index in [2.05, 4.69) is 38.9 Å². The van der Waals surface area contributed by atoms with Gasteiger partial charge in [-0.1, -0.05) is 6.92 Å². The molecule has 0 spiro atoms. The molecule has 0 saturated carbocycles. The summed E-state index contributed by atoms with van der Waals surface area (Å²) in [5.74, 6) is 0. The van der Waals surface area contributed by atoms with Crippen LogP contribution in [0.25, 0.3) is 0 Å². The predicted octanol–water partition coefficient (Wildman–Crippen LogP) is 3.59. The van der Waals surface area contributed by atoms with Crippen molar-refractivity contribution in [3.63, 3.8) is 0 Å². The molecule has 0 aliphatic carbocycles. The molecule has 0 radical (unpaired) electrons. The average molecular weight is 292 g/mol. The second kappa shape index (κ2) is 7.39. The molecule has 0 amide bonds. The Labute approximate surface area is 104 Å². The van der Waals surface area contributed by atoms with E-state index in [0.29, 0.717) is 6.04 Å². The summed E-state index contributed by atoms with van der Waals surface area (Å²) in [7, 11) is 1.75. The second-order valence-electron chi connectivity index (χ2n) is 3.42. The average Bonchev–Trinajstić information content (AvgIpc) is 2.64. The minimum absolute atomic E-state index is 0.450. The SMILES string of the molecule is CCNC(CCCOC)c1cscc1Br. The highest BCUT2D eigenvalue weighted by Gasteiger charge is 2.13. The zero-order chi connectivity index (χ0) is 11.1. The maximum Gasteiger partial charge on any atom is 0.0462 e. The van der Waals surface area contributed by atoms with Gasteiger partial charge in [0.15, 0.2) is 0 Å². The minimum Gasteiger partial charge on any atom is -0.385 e. The van der Waals surface area contributed by atoms with Gasteiger partial charge in [-0.15, -0.1) is 0 Å². The van der Waals surface area contributed by atoms with Crippen LogP contribution in [0.4, 0.5) is 0 Å². The fourth-order valence-electron chi connectivity index (χ4n) is 1.59. The molecule has 0 aromatic carbocycles. The molecule has 1 rings (SSSR count). The molecule has 0 aliphatic heterocycles. The number of rotatable bonds is 7. The Morgan fingerprint density at radius 3 is 2.87 bits per heavy atom. The van der Waals surface area contributed by atoms with Crippen LogP contribution >= 0.6 is 27.3 Å². The van der Waals surface area contributed by atoms with Crippen molar-refractivity contribution >= 4 is 27.3 Å². The first kappa shape index (κ1) is 13.2. The lowest BCUT2D eigenvalue weighted by Gasteiger charge is -2.17. The molecule has 1 N–H and O–H groups in total.